The van der Waals surface area contributed by atoms with Crippen LogP contribution < -0.4 is 15.4 Å². The number of methoxy groups -OCH3 is 1. The maximum atomic E-state index is 11.7. The molecule has 0 aromatic heterocycles. The van der Waals surface area contributed by atoms with Gasteiger partial charge in [-0.15, -0.1) is 0 Å². The molecule has 3 N–H and O–H groups in total. The smallest absolute Gasteiger partial charge is 0.314 e. The third-order valence-corrected chi connectivity index (χ3v) is 5.67. The van der Waals surface area contributed by atoms with Crippen molar-refractivity contribution < 1.29 is 23.1 Å². The zero-order valence-electron chi connectivity index (χ0n) is 13.0. The Balaban J connectivity index is 1.76. The third-order valence-electron chi connectivity index (χ3n) is 3.83. The Bertz CT molecular complexity index is 647. The molecule has 0 saturated carbocycles. The van der Waals surface area contributed by atoms with Gasteiger partial charge in [-0.3, -0.25) is 0 Å². The van der Waals surface area contributed by atoms with Crippen LogP contribution in [0.15, 0.2) is 24.3 Å². The van der Waals surface area contributed by atoms with E-state index in [0.717, 1.165) is 0 Å². The molecule has 0 bridgehead atoms. The molecule has 1 fully saturated rings. The van der Waals surface area contributed by atoms with Crippen molar-refractivity contribution in [2.45, 2.75) is 12.5 Å². The molecule has 1 saturated heterocycles. The predicted molar refractivity (Wildman–Crippen MR) is 86.1 cm³/mol. The Morgan fingerprint density at radius 2 is 2.13 bits per heavy atom. The van der Waals surface area contributed by atoms with Gasteiger partial charge in [0, 0.05) is 18.7 Å². The van der Waals surface area contributed by atoms with Crippen LogP contribution in [0.25, 0.3) is 0 Å². The predicted octanol–water partition coefficient (Wildman–Crippen LogP) is 0.463. The van der Waals surface area contributed by atoms with Crippen molar-refractivity contribution in [1.82, 2.24) is 10.6 Å². The molecule has 1 aromatic rings. The van der Waals surface area contributed by atoms with E-state index in [9.17, 15) is 18.3 Å². The molecule has 2 atom stereocenters. The van der Waals surface area contributed by atoms with Gasteiger partial charge in [-0.1, -0.05) is 18.2 Å². The summed E-state index contributed by atoms with van der Waals surface area (Å²) in [4.78, 5) is 11.7. The van der Waals surface area contributed by atoms with Gasteiger partial charge >= 0.3 is 6.03 Å². The number of benzene rings is 1. The van der Waals surface area contributed by atoms with Crippen molar-refractivity contribution >= 4 is 15.9 Å². The highest BCUT2D eigenvalue weighted by molar-refractivity contribution is 7.91. The number of hydrogen-bond acceptors (Lipinski definition) is 5. The molecular formula is C15H22N2O5S. The minimum atomic E-state index is -2.94. The van der Waals surface area contributed by atoms with Crippen LogP contribution in [0.1, 0.15) is 18.1 Å². The van der Waals surface area contributed by atoms with Crippen molar-refractivity contribution in [3.05, 3.63) is 29.8 Å². The molecule has 7 nitrogen and oxygen atoms in total. The van der Waals surface area contributed by atoms with E-state index >= 15 is 0 Å². The lowest BCUT2D eigenvalue weighted by atomic mass is 10.1. The molecular weight excluding hydrogens is 320 g/mol. The summed E-state index contributed by atoms with van der Waals surface area (Å²) in [7, 11) is -1.42. The summed E-state index contributed by atoms with van der Waals surface area (Å²) in [6, 6.07) is 6.61. The van der Waals surface area contributed by atoms with E-state index < -0.39 is 22.0 Å². The van der Waals surface area contributed by atoms with Gasteiger partial charge in [0.15, 0.2) is 9.84 Å². The highest BCUT2D eigenvalue weighted by atomic mass is 32.2. The monoisotopic (exact) mass is 342 g/mol. The first-order valence-electron chi connectivity index (χ1n) is 7.44. The minimum Gasteiger partial charge on any atom is -0.496 e. The number of sulfone groups is 1. The van der Waals surface area contributed by atoms with Gasteiger partial charge in [0.2, 0.25) is 0 Å². The van der Waals surface area contributed by atoms with Crippen LogP contribution in [-0.4, -0.2) is 51.3 Å². The number of para-hydroxylation sites is 1. The molecule has 1 heterocycles. The van der Waals surface area contributed by atoms with E-state index in [0.29, 0.717) is 24.3 Å². The SMILES string of the molecule is COc1ccccc1[C@H](O)CNC(=O)NC[C@H]1CCS(=O)(=O)C1. The third kappa shape index (κ3) is 5.11. The Morgan fingerprint density at radius 3 is 2.78 bits per heavy atom. The molecule has 2 rings (SSSR count). The van der Waals surface area contributed by atoms with Gasteiger partial charge in [0.05, 0.1) is 24.7 Å². The van der Waals surface area contributed by atoms with Crippen molar-refractivity contribution in [3.8, 4) is 5.75 Å². The Hall–Kier alpha value is -1.80. The van der Waals surface area contributed by atoms with Gasteiger partial charge in [-0.05, 0) is 18.4 Å². The van der Waals surface area contributed by atoms with Crippen LogP contribution in [0.2, 0.25) is 0 Å². The molecule has 2 amide bonds. The largest absolute Gasteiger partial charge is 0.496 e. The highest BCUT2D eigenvalue weighted by Crippen LogP contribution is 2.24. The molecule has 8 heteroatoms. The van der Waals surface area contributed by atoms with E-state index in [4.69, 9.17) is 4.74 Å². The lowest BCUT2D eigenvalue weighted by Gasteiger charge is -2.16. The Labute approximate surface area is 136 Å². The second-order valence-electron chi connectivity index (χ2n) is 5.62. The van der Waals surface area contributed by atoms with Crippen LogP contribution >= 0.6 is 0 Å². The first kappa shape index (κ1) is 17.6. The van der Waals surface area contributed by atoms with Gasteiger partial charge in [0.25, 0.3) is 0 Å². The van der Waals surface area contributed by atoms with Gasteiger partial charge in [0.1, 0.15) is 5.75 Å². The van der Waals surface area contributed by atoms with Crippen LogP contribution in [-0.2, 0) is 9.84 Å². The normalized spacial score (nSPS) is 20.7. The second kappa shape index (κ2) is 7.65. The van der Waals surface area contributed by atoms with Crippen molar-refractivity contribution in [2.24, 2.45) is 5.92 Å². The molecule has 23 heavy (non-hydrogen) atoms. The molecule has 1 aliphatic heterocycles. The van der Waals surface area contributed by atoms with Crippen LogP contribution in [0.3, 0.4) is 0 Å². The van der Waals surface area contributed by atoms with Crippen molar-refractivity contribution in [1.29, 1.82) is 0 Å². The van der Waals surface area contributed by atoms with E-state index in [1.165, 1.54) is 7.11 Å². The summed E-state index contributed by atoms with van der Waals surface area (Å²) in [6.07, 6.45) is -0.310. The summed E-state index contributed by atoms with van der Waals surface area (Å²) in [5, 5.41) is 15.3. The van der Waals surface area contributed by atoms with E-state index in [1.54, 1.807) is 24.3 Å². The highest BCUT2D eigenvalue weighted by Gasteiger charge is 2.27. The topological polar surface area (TPSA) is 105 Å². The molecule has 1 aromatic carbocycles. The molecule has 1 aliphatic rings. The van der Waals surface area contributed by atoms with Crippen LogP contribution in [0, 0.1) is 5.92 Å². The first-order chi connectivity index (χ1) is 10.9. The number of nitrogens with one attached hydrogen (secondary N) is 2. The standard InChI is InChI=1S/C15H22N2O5S/c1-22-14-5-3-2-4-12(14)13(18)9-17-15(19)16-8-11-6-7-23(20,21)10-11/h2-5,11,13,18H,6-10H2,1H3,(H2,16,17,19)/t11-,13-/m1/s1. The van der Waals surface area contributed by atoms with E-state index in [1.807, 2.05) is 0 Å². The number of aliphatic hydroxyl groups is 1. The Kier molecular flexibility index (Phi) is 5.84. The number of ether oxygens (including phenoxy) is 1. The summed E-state index contributed by atoms with van der Waals surface area (Å²) < 4.78 is 27.9. The minimum absolute atomic E-state index is 0.0369. The van der Waals surface area contributed by atoms with Crippen molar-refractivity contribution in [3.63, 3.8) is 0 Å². The summed E-state index contributed by atoms with van der Waals surface area (Å²) in [6.45, 7) is 0.352. The van der Waals surface area contributed by atoms with Crippen molar-refractivity contribution in [2.75, 3.05) is 31.7 Å². The summed E-state index contributed by atoms with van der Waals surface area (Å²) >= 11 is 0. The quantitative estimate of drug-likeness (QED) is 0.697. The van der Waals surface area contributed by atoms with Gasteiger partial charge < -0.3 is 20.5 Å². The van der Waals surface area contributed by atoms with Gasteiger partial charge in [-0.25, -0.2) is 13.2 Å². The maximum Gasteiger partial charge on any atom is 0.314 e. The molecule has 0 radical (unpaired) electrons. The van der Waals surface area contributed by atoms with E-state index in [-0.39, 0.29) is 24.0 Å². The summed E-state index contributed by atoms with van der Waals surface area (Å²) in [5.41, 5.74) is 0.595. The first-order valence-corrected chi connectivity index (χ1v) is 9.26. The average Bonchev–Trinajstić information content (AvgIpc) is 2.89. The Morgan fingerprint density at radius 1 is 1.39 bits per heavy atom. The number of rotatable bonds is 6. The van der Waals surface area contributed by atoms with Crippen LogP contribution in [0.5, 0.6) is 5.75 Å². The lowest BCUT2D eigenvalue weighted by Crippen LogP contribution is -2.40. The van der Waals surface area contributed by atoms with E-state index in [2.05, 4.69) is 10.6 Å². The molecule has 128 valence electrons. The second-order valence-corrected chi connectivity index (χ2v) is 7.85. The zero-order valence-corrected chi connectivity index (χ0v) is 13.8. The maximum absolute atomic E-state index is 11.7. The van der Waals surface area contributed by atoms with Crippen LogP contribution in [0.4, 0.5) is 4.79 Å². The number of aliphatic hydroxyl groups excluding tert-OH is 1. The number of hydrogen-bond donors (Lipinski definition) is 3. The number of carbonyl (C=O) groups is 1. The molecule has 0 spiro atoms. The number of urea groups is 1. The van der Waals surface area contributed by atoms with Gasteiger partial charge in [-0.2, -0.15) is 0 Å². The fourth-order valence-corrected chi connectivity index (χ4v) is 4.44. The molecule has 0 unspecified atom stereocenters. The fourth-order valence-electron chi connectivity index (χ4n) is 2.57. The fraction of sp³-hybridized carbons (Fsp3) is 0.533. The summed E-state index contributed by atoms with van der Waals surface area (Å²) in [5.74, 6) is 0.827. The number of amides is 2. The zero-order chi connectivity index (χ0) is 16.9. The average molecular weight is 342 g/mol. The number of carbonyl (C=O) groups excluding carboxylic acids is 1. The molecule has 0 aliphatic carbocycles. The lowest BCUT2D eigenvalue weighted by molar-refractivity contribution is 0.169.